The molecular weight excluding hydrogens is 272 g/mol. The molecule has 0 bridgehead atoms. The molecule has 2 rings (SSSR count). The molecule has 1 fully saturated rings. The van der Waals surface area contributed by atoms with E-state index in [2.05, 4.69) is 36.9 Å². The van der Waals surface area contributed by atoms with Gasteiger partial charge < -0.3 is 10.6 Å². The van der Waals surface area contributed by atoms with E-state index in [-0.39, 0.29) is 11.5 Å². The standard InChI is InChI=1S/C15H24N2O2S/c1-12-7-13(2)9-14(8-12)17(3)15(10-16)5-4-6-20(18,19)11-15/h7-9H,4-6,10-11,16H2,1-3H3. The number of hydrogen-bond donors (Lipinski definition) is 1. The van der Waals surface area contributed by atoms with Crippen molar-refractivity contribution in [3.05, 3.63) is 29.3 Å². The van der Waals surface area contributed by atoms with Crippen LogP contribution >= 0.6 is 0 Å². The lowest BCUT2D eigenvalue weighted by molar-refractivity contribution is 0.398. The third kappa shape index (κ3) is 2.99. The Hall–Kier alpha value is -1.07. The average molecular weight is 296 g/mol. The van der Waals surface area contributed by atoms with Crippen molar-refractivity contribution in [2.75, 3.05) is 30.0 Å². The minimum atomic E-state index is -3.00. The van der Waals surface area contributed by atoms with Crippen molar-refractivity contribution >= 4 is 15.5 Å². The predicted molar refractivity (Wildman–Crippen MR) is 84.0 cm³/mol. The van der Waals surface area contributed by atoms with Gasteiger partial charge in [-0.25, -0.2) is 8.42 Å². The molecule has 0 aliphatic carbocycles. The fourth-order valence-electron chi connectivity index (χ4n) is 3.16. The van der Waals surface area contributed by atoms with Gasteiger partial charge in [0.05, 0.1) is 17.0 Å². The molecule has 112 valence electrons. The SMILES string of the molecule is Cc1cc(C)cc(N(C)C2(CN)CCCS(=O)(=O)C2)c1. The minimum absolute atomic E-state index is 0.153. The van der Waals surface area contributed by atoms with Crippen LogP contribution in [0, 0.1) is 13.8 Å². The van der Waals surface area contributed by atoms with Crippen molar-refractivity contribution in [2.24, 2.45) is 5.73 Å². The third-order valence-corrected chi connectivity index (χ3v) is 6.16. The summed E-state index contributed by atoms with van der Waals surface area (Å²) >= 11 is 0. The van der Waals surface area contributed by atoms with Crippen molar-refractivity contribution in [3.63, 3.8) is 0 Å². The topological polar surface area (TPSA) is 63.4 Å². The maximum absolute atomic E-state index is 12.0. The van der Waals surface area contributed by atoms with E-state index in [0.29, 0.717) is 13.0 Å². The summed E-state index contributed by atoms with van der Waals surface area (Å²) in [5.41, 5.74) is 8.90. The fraction of sp³-hybridized carbons (Fsp3) is 0.600. The highest BCUT2D eigenvalue weighted by Gasteiger charge is 2.41. The number of anilines is 1. The van der Waals surface area contributed by atoms with Gasteiger partial charge in [-0.05, 0) is 49.9 Å². The molecule has 4 nitrogen and oxygen atoms in total. The summed E-state index contributed by atoms with van der Waals surface area (Å²) in [7, 11) is -1.04. The summed E-state index contributed by atoms with van der Waals surface area (Å²) in [4.78, 5) is 2.07. The molecule has 1 aliphatic rings. The first-order valence-corrected chi connectivity index (χ1v) is 8.83. The quantitative estimate of drug-likeness (QED) is 0.921. The summed E-state index contributed by atoms with van der Waals surface area (Å²) in [6.45, 7) is 4.46. The van der Waals surface area contributed by atoms with Crippen LogP contribution in [0.15, 0.2) is 18.2 Å². The highest BCUT2D eigenvalue weighted by atomic mass is 32.2. The molecule has 1 saturated heterocycles. The van der Waals surface area contributed by atoms with Crippen LogP contribution in [0.2, 0.25) is 0 Å². The normalized spacial score (nSPS) is 25.4. The van der Waals surface area contributed by atoms with Crippen molar-refractivity contribution in [2.45, 2.75) is 32.2 Å². The fourth-order valence-corrected chi connectivity index (χ4v) is 5.16. The molecule has 1 aromatic rings. The molecule has 0 radical (unpaired) electrons. The van der Waals surface area contributed by atoms with E-state index < -0.39 is 15.4 Å². The number of nitrogens with two attached hydrogens (primary N) is 1. The predicted octanol–water partition coefficient (Wildman–Crippen LogP) is 1.65. The Morgan fingerprint density at radius 1 is 1.25 bits per heavy atom. The van der Waals surface area contributed by atoms with Gasteiger partial charge >= 0.3 is 0 Å². The Balaban J connectivity index is 2.40. The van der Waals surface area contributed by atoms with Gasteiger partial charge in [-0.1, -0.05) is 6.07 Å². The van der Waals surface area contributed by atoms with Crippen LogP contribution < -0.4 is 10.6 Å². The molecule has 0 saturated carbocycles. The van der Waals surface area contributed by atoms with Gasteiger partial charge in [0.2, 0.25) is 0 Å². The highest BCUT2D eigenvalue weighted by Crippen LogP contribution is 2.32. The largest absolute Gasteiger partial charge is 0.367 e. The number of benzene rings is 1. The average Bonchev–Trinajstić information content (AvgIpc) is 2.35. The zero-order valence-corrected chi connectivity index (χ0v) is 13.3. The molecule has 20 heavy (non-hydrogen) atoms. The summed E-state index contributed by atoms with van der Waals surface area (Å²) in [6, 6.07) is 6.29. The Labute approximate surface area is 121 Å². The van der Waals surface area contributed by atoms with Gasteiger partial charge in [0.15, 0.2) is 9.84 Å². The first-order valence-electron chi connectivity index (χ1n) is 7.01. The Bertz CT molecular complexity index is 578. The Kier molecular flexibility index (Phi) is 4.12. The second-order valence-electron chi connectivity index (χ2n) is 6.03. The zero-order chi connectivity index (χ0) is 15.0. The molecular formula is C15H24N2O2S. The zero-order valence-electron chi connectivity index (χ0n) is 12.5. The van der Waals surface area contributed by atoms with Crippen LogP contribution in [-0.2, 0) is 9.84 Å². The molecule has 1 atom stereocenters. The molecule has 0 amide bonds. The number of nitrogens with zero attached hydrogens (tertiary/aromatic N) is 1. The molecule has 1 aliphatic heterocycles. The summed E-state index contributed by atoms with van der Waals surface area (Å²) in [5.74, 6) is 0.440. The van der Waals surface area contributed by atoms with Crippen LogP contribution in [0.5, 0.6) is 0 Å². The first-order chi connectivity index (χ1) is 9.28. The molecule has 2 N–H and O–H groups in total. The maximum Gasteiger partial charge on any atom is 0.152 e. The second kappa shape index (κ2) is 5.37. The van der Waals surface area contributed by atoms with Crippen molar-refractivity contribution in [1.29, 1.82) is 0 Å². The molecule has 1 aromatic carbocycles. The van der Waals surface area contributed by atoms with Gasteiger partial charge in [0.1, 0.15) is 0 Å². The van der Waals surface area contributed by atoms with E-state index in [1.54, 1.807) is 0 Å². The summed E-state index contributed by atoms with van der Waals surface area (Å²) < 4.78 is 24.0. The van der Waals surface area contributed by atoms with Gasteiger partial charge in [-0.2, -0.15) is 0 Å². The van der Waals surface area contributed by atoms with E-state index in [4.69, 9.17) is 5.73 Å². The summed E-state index contributed by atoms with van der Waals surface area (Å²) in [6.07, 6.45) is 1.51. The minimum Gasteiger partial charge on any atom is -0.367 e. The first kappa shape index (κ1) is 15.3. The van der Waals surface area contributed by atoms with Gasteiger partial charge in [0.25, 0.3) is 0 Å². The van der Waals surface area contributed by atoms with Crippen LogP contribution in [0.25, 0.3) is 0 Å². The van der Waals surface area contributed by atoms with Gasteiger partial charge in [0, 0.05) is 19.3 Å². The van der Waals surface area contributed by atoms with E-state index in [1.165, 1.54) is 11.1 Å². The number of rotatable bonds is 3. The van der Waals surface area contributed by atoms with Crippen molar-refractivity contribution in [1.82, 2.24) is 0 Å². The second-order valence-corrected chi connectivity index (χ2v) is 8.21. The molecule has 5 heteroatoms. The van der Waals surface area contributed by atoms with Crippen LogP contribution in [-0.4, -0.2) is 39.1 Å². The molecule has 0 spiro atoms. The van der Waals surface area contributed by atoms with E-state index >= 15 is 0 Å². The van der Waals surface area contributed by atoms with Crippen molar-refractivity contribution in [3.8, 4) is 0 Å². The van der Waals surface area contributed by atoms with E-state index in [9.17, 15) is 8.42 Å². The lowest BCUT2D eigenvalue weighted by atomic mass is 9.92. The lowest BCUT2D eigenvalue weighted by Crippen LogP contribution is -2.59. The monoisotopic (exact) mass is 296 g/mol. The maximum atomic E-state index is 12.0. The third-order valence-electron chi connectivity index (χ3n) is 4.27. The van der Waals surface area contributed by atoms with Crippen LogP contribution in [0.3, 0.4) is 0 Å². The molecule has 1 heterocycles. The van der Waals surface area contributed by atoms with Gasteiger partial charge in [-0.15, -0.1) is 0 Å². The van der Waals surface area contributed by atoms with Crippen molar-refractivity contribution < 1.29 is 8.42 Å². The number of hydrogen-bond acceptors (Lipinski definition) is 4. The summed E-state index contributed by atoms with van der Waals surface area (Å²) in [5, 5.41) is 0. The molecule has 1 unspecified atom stereocenters. The smallest absolute Gasteiger partial charge is 0.152 e. The number of sulfone groups is 1. The number of likely N-dealkylation sites (N-methyl/N-ethyl adjacent to an activating group) is 1. The van der Waals surface area contributed by atoms with Gasteiger partial charge in [-0.3, -0.25) is 0 Å². The van der Waals surface area contributed by atoms with E-state index in [1.807, 2.05) is 7.05 Å². The van der Waals surface area contributed by atoms with E-state index in [0.717, 1.165) is 12.1 Å². The molecule has 0 aromatic heterocycles. The van der Waals surface area contributed by atoms with Crippen LogP contribution in [0.4, 0.5) is 5.69 Å². The lowest BCUT2D eigenvalue weighted by Gasteiger charge is -2.45. The highest BCUT2D eigenvalue weighted by molar-refractivity contribution is 7.91. The Morgan fingerprint density at radius 3 is 2.35 bits per heavy atom. The number of aryl methyl sites for hydroxylation is 2. The Morgan fingerprint density at radius 2 is 1.85 bits per heavy atom. The van der Waals surface area contributed by atoms with Crippen LogP contribution in [0.1, 0.15) is 24.0 Å².